The van der Waals surface area contributed by atoms with Crippen LogP contribution < -0.4 is 16.1 Å². The van der Waals surface area contributed by atoms with E-state index < -0.39 is 0 Å². The van der Waals surface area contributed by atoms with Crippen LogP contribution in [-0.2, 0) is 38.6 Å². The van der Waals surface area contributed by atoms with E-state index in [0.29, 0.717) is 47.7 Å². The summed E-state index contributed by atoms with van der Waals surface area (Å²) >= 11 is 0. The van der Waals surface area contributed by atoms with Gasteiger partial charge in [0.2, 0.25) is 0 Å². The summed E-state index contributed by atoms with van der Waals surface area (Å²) in [6, 6.07) is 46.2. The molecular formula is C82H100F2N10O3. The highest BCUT2D eigenvalue weighted by molar-refractivity contribution is 5.95. The minimum absolute atomic E-state index is 0.00900. The normalized spacial score (nSPS) is 20.3. The molecule has 7 aliphatic rings. The van der Waals surface area contributed by atoms with Crippen molar-refractivity contribution in [3.63, 3.8) is 0 Å². The van der Waals surface area contributed by atoms with Gasteiger partial charge in [0.05, 0.1) is 30.4 Å². The molecule has 4 fully saturated rings. The minimum atomic E-state index is -0.177. The Kier molecular flexibility index (Phi) is 22.7. The van der Waals surface area contributed by atoms with Gasteiger partial charge in [-0.25, -0.2) is 13.8 Å². The number of rotatable bonds is 16. The van der Waals surface area contributed by atoms with Gasteiger partial charge in [-0.3, -0.25) is 33.9 Å². The molecule has 15 rings (SSSR count). The molecule has 6 aliphatic carbocycles. The van der Waals surface area contributed by atoms with E-state index in [2.05, 4.69) is 89.7 Å². The summed E-state index contributed by atoms with van der Waals surface area (Å²) in [4.78, 5) is 40.0. The van der Waals surface area contributed by atoms with E-state index in [1.807, 2.05) is 55.5 Å². The van der Waals surface area contributed by atoms with Crippen molar-refractivity contribution in [1.82, 2.24) is 50.4 Å². The molecule has 5 aromatic carbocycles. The largest absolute Gasteiger partial charge is 0.348 e. The Morgan fingerprint density at radius 2 is 0.928 bits per heavy atom. The van der Waals surface area contributed by atoms with Gasteiger partial charge in [0.15, 0.2) is 17.1 Å². The van der Waals surface area contributed by atoms with E-state index in [4.69, 9.17) is 15.3 Å². The third-order valence-electron chi connectivity index (χ3n) is 21.7. The highest BCUT2D eigenvalue weighted by Gasteiger charge is 2.37. The Balaban J connectivity index is 0.000000131. The fourth-order valence-corrected chi connectivity index (χ4v) is 16.6. The number of amides is 3. The summed E-state index contributed by atoms with van der Waals surface area (Å²) in [6.45, 7) is 4.52. The molecule has 510 valence electrons. The van der Waals surface area contributed by atoms with Gasteiger partial charge < -0.3 is 10.6 Å². The van der Waals surface area contributed by atoms with Gasteiger partial charge >= 0.3 is 0 Å². The van der Waals surface area contributed by atoms with E-state index in [9.17, 15) is 23.2 Å². The van der Waals surface area contributed by atoms with Crippen LogP contribution >= 0.6 is 0 Å². The molecule has 3 aromatic heterocycles. The van der Waals surface area contributed by atoms with Crippen molar-refractivity contribution >= 4 is 17.7 Å². The topological polar surface area (TPSA) is 144 Å². The highest BCUT2D eigenvalue weighted by atomic mass is 19.1. The summed E-state index contributed by atoms with van der Waals surface area (Å²) in [7, 11) is 0. The quantitative estimate of drug-likeness (QED) is 0.0817. The number of aromatic nitrogens is 6. The molecule has 97 heavy (non-hydrogen) atoms. The molecule has 8 aromatic rings. The zero-order chi connectivity index (χ0) is 66.5. The molecule has 3 unspecified atom stereocenters. The highest BCUT2D eigenvalue weighted by Crippen LogP contribution is 2.43. The van der Waals surface area contributed by atoms with Gasteiger partial charge in [-0.05, 0) is 181 Å². The Morgan fingerprint density at radius 1 is 0.464 bits per heavy atom. The number of piperidine rings is 1. The number of hydrogen-bond donors (Lipinski definition) is 3. The van der Waals surface area contributed by atoms with E-state index in [1.165, 1.54) is 85.3 Å². The van der Waals surface area contributed by atoms with Crippen LogP contribution in [0.3, 0.4) is 0 Å². The molecule has 4 heterocycles. The van der Waals surface area contributed by atoms with Crippen molar-refractivity contribution in [3.8, 4) is 0 Å². The van der Waals surface area contributed by atoms with Gasteiger partial charge in [0.1, 0.15) is 11.6 Å². The summed E-state index contributed by atoms with van der Waals surface area (Å²) in [5.41, 5.74) is 17.8. The van der Waals surface area contributed by atoms with Gasteiger partial charge in [-0.1, -0.05) is 179 Å². The molecular weight excluding hydrogens is 1210 g/mol. The van der Waals surface area contributed by atoms with Gasteiger partial charge in [0, 0.05) is 65.0 Å². The second-order valence-electron chi connectivity index (χ2n) is 28.9. The van der Waals surface area contributed by atoms with Crippen LogP contribution in [0.25, 0.3) is 0 Å². The zero-order valence-electron chi connectivity index (χ0n) is 57.1. The smallest absolute Gasteiger partial charge is 0.286 e. The Labute approximate surface area is 573 Å². The zero-order valence-corrected chi connectivity index (χ0v) is 57.1. The standard InChI is InChI=1S/C30H31N3O.C27H37FN4O.C25H32FN3O/c1-22(24-15-7-3-8-16-24)31-30(34)28-27-20-12-11-19-26(25-17-9-4-10-18-25)29(27)33(32-28)21-23-13-5-2-6-14-23;28-22-12-9-10-20(19-22)18-21-11-5-6-15-24-25(27(33)30-31-16-7-2-8-17-31)29-32(26(21)24)23-13-3-1-4-14-23;26-19-9-6-7-17(16-19)15-18-8-4-5-12-22-23(25(30)27-20-13-14-20)28-29(24(18)22)21-10-2-1-3-11-21/h2-10,13-18,22,26H,11-12,19-21H2,1H3,(H,31,34);9-10,12,19,21,23H,1-8,11,13-18H2,(H,30,33);6-7,9,16,18,20-21H,1-5,8,10-15H2,(H,27,30)/t22-,26?;;/m0../s1. The molecule has 1 saturated heterocycles. The number of halogens is 2. The second-order valence-corrected chi connectivity index (χ2v) is 28.9. The maximum Gasteiger partial charge on any atom is 0.286 e. The summed E-state index contributed by atoms with van der Waals surface area (Å²) in [5, 5.41) is 23.4. The minimum Gasteiger partial charge on any atom is -0.348 e. The fourth-order valence-electron chi connectivity index (χ4n) is 16.6. The predicted octanol–water partition coefficient (Wildman–Crippen LogP) is 17.5. The number of hydrogen-bond acceptors (Lipinski definition) is 7. The molecule has 15 heteroatoms. The first-order valence-electron chi connectivity index (χ1n) is 37.2. The lowest BCUT2D eigenvalue weighted by Gasteiger charge is -2.27. The van der Waals surface area contributed by atoms with Crippen LogP contribution in [0.15, 0.2) is 140 Å². The number of fused-ring (bicyclic) bond motifs is 3. The van der Waals surface area contributed by atoms with Crippen LogP contribution in [-0.4, -0.2) is 71.2 Å². The lowest BCUT2D eigenvalue weighted by Crippen LogP contribution is -2.45. The van der Waals surface area contributed by atoms with Crippen molar-refractivity contribution in [1.29, 1.82) is 0 Å². The first kappa shape index (κ1) is 67.5. The van der Waals surface area contributed by atoms with Crippen molar-refractivity contribution in [3.05, 3.63) is 230 Å². The summed E-state index contributed by atoms with van der Waals surface area (Å²) in [6.07, 6.45) is 31.9. The monoisotopic (exact) mass is 1310 g/mol. The van der Waals surface area contributed by atoms with Gasteiger partial charge in [-0.2, -0.15) is 15.3 Å². The van der Waals surface area contributed by atoms with E-state index in [0.717, 1.165) is 188 Å². The molecule has 1 aliphatic heterocycles. The van der Waals surface area contributed by atoms with Crippen molar-refractivity contribution < 1.29 is 23.2 Å². The number of benzene rings is 5. The van der Waals surface area contributed by atoms with Crippen LogP contribution in [0.5, 0.6) is 0 Å². The SMILES string of the molecule is C[C@H](NC(=O)c1nn(Cc2ccccc2)c2c1CCCCC2c1ccccc1)c1ccccc1.O=C(NC1CC1)c1nn(C2CCCCC2)c2c1CCCCC2Cc1cccc(F)c1.O=C(NN1CCCCC1)c1nn(C2CCCCC2)c2c1CCCCC2Cc1cccc(F)c1. The molecule has 0 spiro atoms. The first-order chi connectivity index (χ1) is 47.6. The third-order valence-corrected chi connectivity index (χ3v) is 21.7. The third kappa shape index (κ3) is 16.9. The van der Waals surface area contributed by atoms with Crippen LogP contribution in [0, 0.1) is 11.6 Å². The average molecular weight is 1310 g/mol. The van der Waals surface area contributed by atoms with E-state index >= 15 is 0 Å². The molecule has 0 bridgehead atoms. The number of nitrogens with one attached hydrogen (secondary N) is 3. The van der Waals surface area contributed by atoms with Crippen LogP contribution in [0.4, 0.5) is 8.78 Å². The lowest BCUT2D eigenvalue weighted by molar-refractivity contribution is 0.0741. The molecule has 3 N–H and O–H groups in total. The predicted molar refractivity (Wildman–Crippen MR) is 379 cm³/mol. The number of carbonyl (C=O) groups excluding carboxylic acids is 3. The number of nitrogens with zero attached hydrogens (tertiary/aromatic N) is 7. The lowest BCUT2D eigenvalue weighted by atomic mass is 9.89. The van der Waals surface area contributed by atoms with Crippen molar-refractivity contribution in [2.75, 3.05) is 13.1 Å². The number of hydrazine groups is 1. The average Bonchev–Trinajstić information content (AvgIpc) is 1.63. The van der Waals surface area contributed by atoms with Gasteiger partial charge in [-0.15, -0.1) is 0 Å². The molecule has 3 saturated carbocycles. The second kappa shape index (κ2) is 32.5. The molecule has 4 atom stereocenters. The van der Waals surface area contributed by atoms with Crippen LogP contribution in [0.1, 0.15) is 290 Å². The Bertz CT molecular complexity index is 3900. The summed E-state index contributed by atoms with van der Waals surface area (Å²) < 4.78 is 34.3. The Morgan fingerprint density at radius 3 is 1.46 bits per heavy atom. The van der Waals surface area contributed by atoms with E-state index in [-0.39, 0.29) is 47.2 Å². The Hall–Kier alpha value is -8.04. The van der Waals surface area contributed by atoms with Gasteiger partial charge in [0.25, 0.3) is 17.7 Å². The molecule has 3 amide bonds. The van der Waals surface area contributed by atoms with Crippen molar-refractivity contribution in [2.45, 2.75) is 242 Å². The molecule has 13 nitrogen and oxygen atoms in total. The van der Waals surface area contributed by atoms with Crippen molar-refractivity contribution in [2.24, 2.45) is 0 Å². The number of carbonyl (C=O) groups is 3. The first-order valence-corrected chi connectivity index (χ1v) is 37.2. The van der Waals surface area contributed by atoms with E-state index in [1.54, 1.807) is 24.3 Å². The molecule has 0 radical (unpaired) electrons. The van der Waals surface area contributed by atoms with Crippen LogP contribution in [0.2, 0.25) is 0 Å². The fraction of sp³-hybridized carbons (Fsp3) is 0.488. The maximum absolute atomic E-state index is 13.9. The maximum atomic E-state index is 13.9. The summed E-state index contributed by atoms with van der Waals surface area (Å²) in [5.74, 6) is 0.326.